The number of methoxy groups -OCH3 is 1. The maximum atomic E-state index is 13.3. The van der Waals surface area contributed by atoms with Crippen LogP contribution in [0.5, 0.6) is 5.75 Å². The molecule has 0 saturated carbocycles. The molecule has 27 heavy (non-hydrogen) atoms. The molecule has 1 aromatic carbocycles. The van der Waals surface area contributed by atoms with Gasteiger partial charge < -0.3 is 14.5 Å². The fourth-order valence-electron chi connectivity index (χ4n) is 4.36. The Bertz CT molecular complexity index is 1010. The van der Waals surface area contributed by atoms with E-state index in [2.05, 4.69) is 34.1 Å². The molecule has 2 aliphatic heterocycles. The van der Waals surface area contributed by atoms with Crippen molar-refractivity contribution in [2.75, 3.05) is 31.6 Å². The largest absolute Gasteiger partial charge is 0.497 e. The van der Waals surface area contributed by atoms with Crippen molar-refractivity contribution >= 4 is 17.2 Å². The minimum absolute atomic E-state index is 0.0467. The van der Waals surface area contributed by atoms with Crippen molar-refractivity contribution in [3.05, 3.63) is 60.0 Å². The number of hydrogen-bond acceptors (Lipinski definition) is 4. The minimum Gasteiger partial charge on any atom is -0.497 e. The third-order valence-corrected chi connectivity index (χ3v) is 5.68. The number of nitrogens with zero attached hydrogens (tertiary/aromatic N) is 4. The molecule has 1 atom stereocenters. The highest BCUT2D eigenvalue weighted by Gasteiger charge is 2.34. The number of ether oxygens (including phenoxy) is 1. The maximum Gasteiger partial charge on any atom is 0.272 e. The summed E-state index contributed by atoms with van der Waals surface area (Å²) in [4.78, 5) is 22.1. The maximum absolute atomic E-state index is 13.3. The number of pyridine rings is 1. The molecular formula is C21H22N4O2. The molecular weight excluding hydrogens is 340 g/mol. The standard InChI is InChI=1S/C21H22N4O2/c1-27-17-7-10-25-19(13-22-20(25)12-17)21(26)23-8-4-9-24-16(14-23)11-15-5-2-3-6-18(15)24/h2-3,5-7,10,12-13,16H,4,8-9,11,14H2,1H3. The number of hydrogen-bond donors (Lipinski definition) is 0. The summed E-state index contributed by atoms with van der Waals surface area (Å²) in [6, 6.07) is 12.6. The van der Waals surface area contributed by atoms with Crippen LogP contribution in [0.1, 0.15) is 22.5 Å². The summed E-state index contributed by atoms with van der Waals surface area (Å²) in [5.41, 5.74) is 4.05. The Hall–Kier alpha value is -3.02. The Morgan fingerprint density at radius 1 is 1.22 bits per heavy atom. The molecule has 2 aromatic heterocycles. The van der Waals surface area contributed by atoms with Crippen LogP contribution in [-0.2, 0) is 6.42 Å². The van der Waals surface area contributed by atoms with Gasteiger partial charge in [0.25, 0.3) is 5.91 Å². The van der Waals surface area contributed by atoms with Crippen LogP contribution >= 0.6 is 0 Å². The van der Waals surface area contributed by atoms with E-state index in [1.165, 1.54) is 11.3 Å². The number of benzene rings is 1. The number of anilines is 1. The molecule has 138 valence electrons. The van der Waals surface area contributed by atoms with Gasteiger partial charge in [0, 0.05) is 37.6 Å². The Kier molecular flexibility index (Phi) is 3.77. The van der Waals surface area contributed by atoms with Crippen molar-refractivity contribution in [1.82, 2.24) is 14.3 Å². The predicted molar refractivity (Wildman–Crippen MR) is 104 cm³/mol. The van der Waals surface area contributed by atoms with Crippen molar-refractivity contribution in [2.45, 2.75) is 18.9 Å². The molecule has 6 heteroatoms. The van der Waals surface area contributed by atoms with Gasteiger partial charge in [0.2, 0.25) is 0 Å². The van der Waals surface area contributed by atoms with E-state index in [0.717, 1.165) is 43.9 Å². The Morgan fingerprint density at radius 3 is 3.00 bits per heavy atom. The van der Waals surface area contributed by atoms with Gasteiger partial charge in [0.1, 0.15) is 17.1 Å². The SMILES string of the molecule is COc1ccn2c(C(=O)N3CCCN4c5ccccc5CC4C3)cnc2c1. The second kappa shape index (κ2) is 6.30. The topological polar surface area (TPSA) is 50.1 Å². The molecule has 6 nitrogen and oxygen atoms in total. The van der Waals surface area contributed by atoms with Crippen molar-refractivity contribution in [3.63, 3.8) is 0 Å². The highest BCUT2D eigenvalue weighted by atomic mass is 16.5. The summed E-state index contributed by atoms with van der Waals surface area (Å²) in [5.74, 6) is 0.784. The number of fused-ring (bicyclic) bond motifs is 4. The highest BCUT2D eigenvalue weighted by Crippen LogP contribution is 2.33. The van der Waals surface area contributed by atoms with Crippen molar-refractivity contribution in [2.24, 2.45) is 0 Å². The van der Waals surface area contributed by atoms with Crippen molar-refractivity contribution in [1.29, 1.82) is 0 Å². The van der Waals surface area contributed by atoms with Gasteiger partial charge in [0.05, 0.1) is 19.3 Å². The summed E-state index contributed by atoms with van der Waals surface area (Å²) < 4.78 is 7.09. The fourth-order valence-corrected chi connectivity index (χ4v) is 4.36. The first-order chi connectivity index (χ1) is 13.2. The molecule has 0 bridgehead atoms. The van der Waals surface area contributed by atoms with Gasteiger partial charge >= 0.3 is 0 Å². The van der Waals surface area contributed by atoms with Gasteiger partial charge in [-0.1, -0.05) is 18.2 Å². The highest BCUT2D eigenvalue weighted by molar-refractivity contribution is 5.93. The average molecular weight is 362 g/mol. The molecule has 5 rings (SSSR count). The second-order valence-corrected chi connectivity index (χ2v) is 7.22. The molecule has 1 amide bonds. The Morgan fingerprint density at radius 2 is 2.11 bits per heavy atom. The molecule has 0 aliphatic carbocycles. The molecule has 0 radical (unpaired) electrons. The zero-order chi connectivity index (χ0) is 18.4. The van der Waals surface area contributed by atoms with Crippen LogP contribution in [0.25, 0.3) is 5.65 Å². The fraction of sp³-hybridized carbons (Fsp3) is 0.333. The van der Waals surface area contributed by atoms with Crippen LogP contribution in [0.2, 0.25) is 0 Å². The zero-order valence-electron chi connectivity index (χ0n) is 15.3. The van der Waals surface area contributed by atoms with E-state index in [1.807, 2.05) is 27.6 Å². The summed E-state index contributed by atoms with van der Waals surface area (Å²) in [6.07, 6.45) is 5.50. The van der Waals surface area contributed by atoms with E-state index in [0.29, 0.717) is 11.7 Å². The van der Waals surface area contributed by atoms with Gasteiger partial charge in [0.15, 0.2) is 0 Å². The molecule has 0 N–H and O–H groups in total. The third kappa shape index (κ3) is 2.63. The first kappa shape index (κ1) is 16.2. The Balaban J connectivity index is 1.42. The van der Waals surface area contributed by atoms with E-state index in [4.69, 9.17) is 4.74 Å². The van der Waals surface area contributed by atoms with E-state index >= 15 is 0 Å². The van der Waals surface area contributed by atoms with E-state index in [1.54, 1.807) is 13.3 Å². The van der Waals surface area contributed by atoms with E-state index in [-0.39, 0.29) is 5.91 Å². The predicted octanol–water partition coefficient (Wildman–Crippen LogP) is 2.62. The molecule has 4 heterocycles. The lowest BCUT2D eigenvalue weighted by atomic mass is 10.1. The summed E-state index contributed by atoms with van der Waals surface area (Å²) in [7, 11) is 1.63. The molecule has 1 fully saturated rings. The van der Waals surface area contributed by atoms with Crippen LogP contribution in [0.3, 0.4) is 0 Å². The number of carbonyl (C=O) groups excluding carboxylic acids is 1. The van der Waals surface area contributed by atoms with Crippen molar-refractivity contribution < 1.29 is 9.53 Å². The molecule has 1 saturated heterocycles. The van der Waals surface area contributed by atoms with Gasteiger partial charge in [-0.25, -0.2) is 4.98 Å². The third-order valence-electron chi connectivity index (χ3n) is 5.68. The number of carbonyl (C=O) groups is 1. The normalized spacial score (nSPS) is 18.9. The van der Waals surface area contributed by atoms with E-state index in [9.17, 15) is 4.79 Å². The summed E-state index contributed by atoms with van der Waals surface area (Å²) in [5, 5.41) is 0. The van der Waals surface area contributed by atoms with Crippen LogP contribution < -0.4 is 9.64 Å². The zero-order valence-corrected chi connectivity index (χ0v) is 15.3. The van der Waals surface area contributed by atoms with Gasteiger partial charge in [-0.15, -0.1) is 0 Å². The van der Waals surface area contributed by atoms with Crippen LogP contribution in [0, 0.1) is 0 Å². The number of amides is 1. The minimum atomic E-state index is 0.0467. The smallest absolute Gasteiger partial charge is 0.272 e. The lowest BCUT2D eigenvalue weighted by Crippen LogP contribution is -2.41. The van der Waals surface area contributed by atoms with E-state index < -0.39 is 0 Å². The number of aromatic nitrogens is 2. The van der Waals surface area contributed by atoms with Gasteiger partial charge in [-0.05, 0) is 30.5 Å². The molecule has 3 aromatic rings. The van der Waals surface area contributed by atoms with Gasteiger partial charge in [-0.3, -0.25) is 9.20 Å². The first-order valence-corrected chi connectivity index (χ1v) is 9.39. The lowest BCUT2D eigenvalue weighted by molar-refractivity contribution is 0.0748. The van der Waals surface area contributed by atoms with Crippen LogP contribution in [0.4, 0.5) is 5.69 Å². The second-order valence-electron chi connectivity index (χ2n) is 7.22. The van der Waals surface area contributed by atoms with Crippen molar-refractivity contribution in [3.8, 4) is 5.75 Å². The molecule has 2 aliphatic rings. The number of para-hydroxylation sites is 1. The molecule has 0 spiro atoms. The quantitative estimate of drug-likeness (QED) is 0.703. The summed E-state index contributed by atoms with van der Waals surface area (Å²) in [6.45, 7) is 2.52. The first-order valence-electron chi connectivity index (χ1n) is 9.39. The Labute approximate surface area is 158 Å². The monoisotopic (exact) mass is 362 g/mol. The number of rotatable bonds is 2. The van der Waals surface area contributed by atoms with Crippen LogP contribution in [0.15, 0.2) is 48.8 Å². The number of imidazole rings is 1. The van der Waals surface area contributed by atoms with Gasteiger partial charge in [-0.2, -0.15) is 0 Å². The van der Waals surface area contributed by atoms with Crippen LogP contribution in [-0.4, -0.2) is 53.0 Å². The average Bonchev–Trinajstić information content (AvgIpc) is 3.21. The lowest BCUT2D eigenvalue weighted by Gasteiger charge is -2.27. The molecule has 1 unspecified atom stereocenters. The summed E-state index contributed by atoms with van der Waals surface area (Å²) >= 11 is 0.